The standard InChI is InChI=1S/C11H12N2O4S2/c1-7-10(18-11(15)12-7)19(16,17)13(2)8-4-3-5-9(14)6-8/h3-6,14H,1-2H3,(H,12,15). The number of hydrogen-bond donors (Lipinski definition) is 2. The van der Waals surface area contributed by atoms with Gasteiger partial charge in [-0.25, -0.2) is 8.42 Å². The number of phenolic OH excluding ortho intramolecular Hbond substituents is 1. The largest absolute Gasteiger partial charge is 0.508 e. The van der Waals surface area contributed by atoms with E-state index < -0.39 is 14.9 Å². The minimum atomic E-state index is -3.81. The normalized spacial score (nSPS) is 11.5. The first-order valence-electron chi connectivity index (χ1n) is 5.30. The Morgan fingerprint density at radius 1 is 1.37 bits per heavy atom. The second kappa shape index (κ2) is 4.71. The fourth-order valence-corrected chi connectivity index (χ4v) is 4.23. The molecule has 102 valence electrons. The Hall–Kier alpha value is -1.80. The van der Waals surface area contributed by atoms with Crippen LogP contribution in [0.2, 0.25) is 0 Å². The number of H-pyrrole nitrogens is 1. The number of rotatable bonds is 3. The van der Waals surface area contributed by atoms with Crippen molar-refractivity contribution in [1.29, 1.82) is 0 Å². The number of phenols is 1. The molecule has 0 fully saturated rings. The molecular formula is C11H12N2O4S2. The van der Waals surface area contributed by atoms with Crippen molar-refractivity contribution in [2.24, 2.45) is 0 Å². The maximum atomic E-state index is 12.4. The highest BCUT2D eigenvalue weighted by atomic mass is 32.2. The fraction of sp³-hybridized carbons (Fsp3) is 0.182. The van der Waals surface area contributed by atoms with Gasteiger partial charge in [0, 0.05) is 18.8 Å². The highest BCUT2D eigenvalue weighted by molar-refractivity contribution is 7.94. The molecule has 0 radical (unpaired) electrons. The Bertz CT molecular complexity index is 761. The number of aryl methyl sites for hydroxylation is 1. The van der Waals surface area contributed by atoms with Crippen LogP contribution in [0.3, 0.4) is 0 Å². The Morgan fingerprint density at radius 2 is 2.05 bits per heavy atom. The summed E-state index contributed by atoms with van der Waals surface area (Å²) in [6.07, 6.45) is 0. The van der Waals surface area contributed by atoms with Crippen molar-refractivity contribution in [3.05, 3.63) is 39.6 Å². The van der Waals surface area contributed by atoms with E-state index in [1.54, 1.807) is 12.1 Å². The number of aromatic amines is 1. The van der Waals surface area contributed by atoms with Crippen LogP contribution in [0.1, 0.15) is 5.69 Å². The van der Waals surface area contributed by atoms with Crippen molar-refractivity contribution in [3.63, 3.8) is 0 Å². The maximum absolute atomic E-state index is 12.4. The lowest BCUT2D eigenvalue weighted by molar-refractivity contribution is 0.475. The Kier molecular flexibility index (Phi) is 3.38. The number of hydrogen-bond acceptors (Lipinski definition) is 5. The first kappa shape index (κ1) is 13.6. The highest BCUT2D eigenvalue weighted by Gasteiger charge is 2.26. The van der Waals surface area contributed by atoms with Crippen LogP contribution >= 0.6 is 11.3 Å². The van der Waals surface area contributed by atoms with Gasteiger partial charge in [-0.05, 0) is 19.1 Å². The average molecular weight is 300 g/mol. The molecule has 8 heteroatoms. The van der Waals surface area contributed by atoms with E-state index in [0.717, 1.165) is 4.31 Å². The first-order valence-corrected chi connectivity index (χ1v) is 7.55. The molecular weight excluding hydrogens is 288 g/mol. The molecule has 1 heterocycles. The van der Waals surface area contributed by atoms with E-state index in [2.05, 4.69) is 4.98 Å². The van der Waals surface area contributed by atoms with E-state index in [1.165, 1.54) is 26.1 Å². The maximum Gasteiger partial charge on any atom is 0.306 e. The van der Waals surface area contributed by atoms with Gasteiger partial charge in [0.1, 0.15) is 5.75 Å². The molecule has 0 aliphatic rings. The third-order valence-electron chi connectivity index (χ3n) is 2.57. The first-order chi connectivity index (χ1) is 8.82. The third kappa shape index (κ3) is 2.49. The van der Waals surface area contributed by atoms with Crippen molar-refractivity contribution in [2.45, 2.75) is 11.1 Å². The van der Waals surface area contributed by atoms with Gasteiger partial charge in [0.2, 0.25) is 0 Å². The SMILES string of the molecule is Cc1[nH]c(=O)sc1S(=O)(=O)N(C)c1cccc(O)c1. The molecule has 0 spiro atoms. The van der Waals surface area contributed by atoms with E-state index in [1.807, 2.05) is 0 Å². The quantitative estimate of drug-likeness (QED) is 0.893. The van der Waals surface area contributed by atoms with Gasteiger partial charge in [0.25, 0.3) is 10.0 Å². The van der Waals surface area contributed by atoms with Gasteiger partial charge >= 0.3 is 4.87 Å². The summed E-state index contributed by atoms with van der Waals surface area (Å²) in [4.78, 5) is 13.2. The Morgan fingerprint density at radius 3 is 2.58 bits per heavy atom. The summed E-state index contributed by atoms with van der Waals surface area (Å²) in [5, 5.41) is 9.38. The molecule has 2 aromatic rings. The zero-order chi connectivity index (χ0) is 14.2. The van der Waals surface area contributed by atoms with Crippen LogP contribution in [-0.4, -0.2) is 25.6 Å². The van der Waals surface area contributed by atoms with Gasteiger partial charge < -0.3 is 10.1 Å². The second-order valence-corrected chi connectivity index (χ2v) is 7.07. The average Bonchev–Trinajstić information content (AvgIpc) is 2.68. The fourth-order valence-electron chi connectivity index (χ4n) is 1.59. The van der Waals surface area contributed by atoms with E-state index in [9.17, 15) is 18.3 Å². The molecule has 0 aliphatic carbocycles. The summed E-state index contributed by atoms with van der Waals surface area (Å²) in [5.74, 6) is -0.0291. The van der Waals surface area contributed by atoms with Crippen LogP contribution in [0, 0.1) is 6.92 Å². The minimum absolute atomic E-state index is 0.0247. The third-order valence-corrected chi connectivity index (χ3v) is 5.94. The monoisotopic (exact) mass is 300 g/mol. The van der Waals surface area contributed by atoms with Crippen molar-refractivity contribution < 1.29 is 13.5 Å². The number of nitrogens with one attached hydrogen (secondary N) is 1. The number of benzene rings is 1. The zero-order valence-corrected chi connectivity index (χ0v) is 11.9. The van der Waals surface area contributed by atoms with Crippen LogP contribution in [0.15, 0.2) is 33.3 Å². The molecule has 2 rings (SSSR count). The summed E-state index contributed by atoms with van der Waals surface area (Å²) < 4.78 is 25.7. The Balaban J connectivity index is 2.51. The lowest BCUT2D eigenvalue weighted by Gasteiger charge is -2.18. The van der Waals surface area contributed by atoms with Crippen LogP contribution in [0.25, 0.3) is 0 Å². The number of sulfonamides is 1. The molecule has 0 aliphatic heterocycles. The molecule has 0 unspecified atom stereocenters. The summed E-state index contributed by atoms with van der Waals surface area (Å²) in [7, 11) is -2.44. The van der Waals surface area contributed by atoms with Crippen molar-refractivity contribution in [3.8, 4) is 5.75 Å². The van der Waals surface area contributed by atoms with E-state index in [0.29, 0.717) is 22.7 Å². The molecule has 6 nitrogen and oxygen atoms in total. The molecule has 0 saturated carbocycles. The smallest absolute Gasteiger partial charge is 0.306 e. The lowest BCUT2D eigenvalue weighted by atomic mass is 10.3. The van der Waals surface area contributed by atoms with Crippen LogP contribution < -0.4 is 9.18 Å². The molecule has 0 atom stereocenters. The molecule has 2 N–H and O–H groups in total. The van der Waals surface area contributed by atoms with Crippen molar-refractivity contribution in [2.75, 3.05) is 11.4 Å². The molecule has 1 aromatic heterocycles. The molecule has 0 bridgehead atoms. The summed E-state index contributed by atoms with van der Waals surface area (Å²) in [6.45, 7) is 1.53. The van der Waals surface area contributed by atoms with Crippen LogP contribution in [-0.2, 0) is 10.0 Å². The predicted octanol–water partition coefficient (Wildman–Crippen LogP) is 1.28. The lowest BCUT2D eigenvalue weighted by Crippen LogP contribution is -2.26. The number of nitrogens with zero attached hydrogens (tertiary/aromatic N) is 1. The second-order valence-electron chi connectivity index (χ2n) is 3.92. The van der Waals surface area contributed by atoms with Gasteiger partial charge in [-0.15, -0.1) is 0 Å². The zero-order valence-electron chi connectivity index (χ0n) is 10.2. The van der Waals surface area contributed by atoms with E-state index >= 15 is 0 Å². The number of aromatic nitrogens is 1. The Labute approximate surface area is 114 Å². The van der Waals surface area contributed by atoms with Crippen molar-refractivity contribution in [1.82, 2.24) is 4.98 Å². The molecule has 0 saturated heterocycles. The molecule has 19 heavy (non-hydrogen) atoms. The number of aromatic hydroxyl groups is 1. The molecule has 0 amide bonds. The summed E-state index contributed by atoms with van der Waals surface area (Å²) in [5.41, 5.74) is 0.627. The predicted molar refractivity (Wildman–Crippen MR) is 73.4 cm³/mol. The number of anilines is 1. The van der Waals surface area contributed by atoms with Crippen LogP contribution in [0.5, 0.6) is 5.75 Å². The summed E-state index contributed by atoms with van der Waals surface area (Å²) in [6, 6.07) is 5.89. The van der Waals surface area contributed by atoms with Crippen molar-refractivity contribution >= 4 is 27.0 Å². The van der Waals surface area contributed by atoms with Gasteiger partial charge in [0.15, 0.2) is 4.21 Å². The van der Waals surface area contributed by atoms with Gasteiger partial charge in [-0.1, -0.05) is 17.4 Å². The number of thiazole rings is 1. The van der Waals surface area contributed by atoms with Gasteiger partial charge in [-0.2, -0.15) is 0 Å². The van der Waals surface area contributed by atoms with Crippen LogP contribution in [0.4, 0.5) is 5.69 Å². The molecule has 1 aromatic carbocycles. The minimum Gasteiger partial charge on any atom is -0.508 e. The van der Waals surface area contributed by atoms with E-state index in [4.69, 9.17) is 0 Å². The van der Waals surface area contributed by atoms with E-state index in [-0.39, 0.29) is 9.96 Å². The summed E-state index contributed by atoms with van der Waals surface area (Å²) >= 11 is 0.645. The topological polar surface area (TPSA) is 90.5 Å². The van der Waals surface area contributed by atoms with Gasteiger partial charge in [-0.3, -0.25) is 9.10 Å². The highest BCUT2D eigenvalue weighted by Crippen LogP contribution is 2.27. The van der Waals surface area contributed by atoms with Gasteiger partial charge in [0.05, 0.1) is 5.69 Å².